The van der Waals surface area contributed by atoms with E-state index in [0.29, 0.717) is 58.5 Å². The molecule has 0 radical (unpaired) electrons. The van der Waals surface area contributed by atoms with Crippen LogP contribution in [0.4, 0.5) is 45.0 Å². The fraction of sp³-hybridized carbons (Fsp3) is 0.439. The van der Waals surface area contributed by atoms with Gasteiger partial charge in [0.1, 0.15) is 17.9 Å². The van der Waals surface area contributed by atoms with Crippen LogP contribution < -0.4 is 40.7 Å². The average Bonchev–Trinajstić information content (AvgIpc) is 3.21. The molecule has 4 saturated heterocycles. The highest BCUT2D eigenvalue weighted by molar-refractivity contribution is 7.70. The van der Waals surface area contributed by atoms with Crippen molar-refractivity contribution < 1.29 is 18.9 Å². The highest BCUT2D eigenvalue weighted by Crippen LogP contribution is 2.39. The molecule has 0 spiro atoms. The van der Waals surface area contributed by atoms with Crippen LogP contribution in [0.3, 0.4) is 0 Å². The van der Waals surface area contributed by atoms with Gasteiger partial charge in [-0.25, -0.2) is 9.78 Å². The molecular formula is C41H51ClN11O4P. The van der Waals surface area contributed by atoms with Crippen molar-refractivity contribution in [2.75, 3.05) is 111 Å². The smallest absolute Gasteiger partial charge is 0.328 e. The van der Waals surface area contributed by atoms with Gasteiger partial charge in [-0.05, 0) is 68.6 Å². The van der Waals surface area contributed by atoms with Gasteiger partial charge in [0.2, 0.25) is 11.9 Å². The van der Waals surface area contributed by atoms with Crippen LogP contribution in [-0.4, -0.2) is 129 Å². The number of rotatable bonds is 12. The molecule has 2 aromatic carbocycles. The Balaban J connectivity index is 0.784. The molecule has 8 rings (SSSR count). The van der Waals surface area contributed by atoms with E-state index >= 15 is 0 Å². The van der Waals surface area contributed by atoms with Gasteiger partial charge in [-0.1, -0.05) is 11.6 Å². The molecule has 4 fully saturated rings. The lowest BCUT2D eigenvalue weighted by molar-refractivity contribution is -0.120. The number of aromatic nitrogens is 3. The number of imide groups is 1. The highest BCUT2D eigenvalue weighted by atomic mass is 35.5. The van der Waals surface area contributed by atoms with Crippen LogP contribution in [0.1, 0.15) is 19.3 Å². The molecule has 15 nitrogen and oxygen atoms in total. The summed E-state index contributed by atoms with van der Waals surface area (Å²) in [6.07, 6.45) is 7.33. The third kappa shape index (κ3) is 9.02. The summed E-state index contributed by atoms with van der Waals surface area (Å²) in [4.78, 5) is 48.7. The Morgan fingerprint density at radius 3 is 2.29 bits per heavy atom. The molecule has 3 N–H and O–H groups in total. The molecule has 0 aliphatic carbocycles. The number of halogens is 1. The van der Waals surface area contributed by atoms with E-state index in [1.807, 2.05) is 18.2 Å². The number of piperazine rings is 1. The van der Waals surface area contributed by atoms with Gasteiger partial charge in [-0.15, -0.1) is 0 Å². The van der Waals surface area contributed by atoms with Crippen molar-refractivity contribution in [3.05, 3.63) is 72.1 Å². The zero-order chi connectivity index (χ0) is 40.4. The predicted octanol–water partition coefficient (Wildman–Crippen LogP) is 5.44. The number of methoxy groups -OCH3 is 1. The van der Waals surface area contributed by atoms with E-state index in [4.69, 9.17) is 16.3 Å². The normalized spacial score (nSPS) is 18.9. The summed E-state index contributed by atoms with van der Waals surface area (Å²) in [6, 6.07) is 16.3. The van der Waals surface area contributed by atoms with Crippen molar-refractivity contribution in [3.63, 3.8) is 0 Å². The fourth-order valence-electron chi connectivity index (χ4n) is 8.41. The van der Waals surface area contributed by atoms with Crippen LogP contribution in [0, 0.1) is 5.92 Å². The number of carbonyl (C=O) groups is 2. The van der Waals surface area contributed by atoms with Crippen molar-refractivity contribution in [3.8, 4) is 5.75 Å². The summed E-state index contributed by atoms with van der Waals surface area (Å²) in [5, 5.41) is 9.86. The number of nitrogens with one attached hydrogen (secondary N) is 3. The Bertz CT molecular complexity index is 2170. The van der Waals surface area contributed by atoms with E-state index in [9.17, 15) is 14.2 Å². The molecule has 4 aliphatic rings. The van der Waals surface area contributed by atoms with E-state index < -0.39 is 7.14 Å². The number of anilines is 7. The standard InChI is InChI=1S/C41H51ClN11O4P/c1-57-36-22-32(8-9-34(36)46-40-44-23-33(42)39(48-40)45-35-24-43-14-10-37(35)58(2,3)56)50-15-11-30(12-16-50)51-20-18-49(19-21-51)25-28-26-52(27-28)29-4-6-31(7-5-29)53-17-13-38(54)47-41(53)55/h4-10,14,22-24,28,30H,11-13,15-21,25-27H2,1-3H3,(H,47,54,55)(H2,44,45,46,48). The molecule has 6 heterocycles. The third-order valence-electron chi connectivity index (χ3n) is 11.6. The molecule has 0 bridgehead atoms. The van der Waals surface area contributed by atoms with E-state index in [-0.39, 0.29) is 11.9 Å². The van der Waals surface area contributed by atoms with Crippen LogP contribution >= 0.6 is 18.7 Å². The van der Waals surface area contributed by atoms with Crippen LogP contribution in [0.5, 0.6) is 5.75 Å². The zero-order valence-corrected chi connectivity index (χ0v) is 34.9. The van der Waals surface area contributed by atoms with Crippen molar-refractivity contribution >= 4 is 76.2 Å². The third-order valence-corrected chi connectivity index (χ3v) is 13.4. The lowest BCUT2D eigenvalue weighted by Gasteiger charge is -2.46. The number of benzene rings is 2. The zero-order valence-electron chi connectivity index (χ0n) is 33.2. The van der Waals surface area contributed by atoms with Crippen molar-refractivity contribution in [1.82, 2.24) is 30.1 Å². The van der Waals surface area contributed by atoms with Gasteiger partial charge in [0.05, 0.1) is 30.9 Å². The average molecular weight is 828 g/mol. The minimum atomic E-state index is -2.58. The Morgan fingerprint density at radius 1 is 0.862 bits per heavy atom. The van der Waals surface area contributed by atoms with E-state index in [0.717, 1.165) is 88.8 Å². The van der Waals surface area contributed by atoms with Crippen LogP contribution in [0.25, 0.3) is 0 Å². The summed E-state index contributed by atoms with van der Waals surface area (Å²) >= 11 is 6.46. The maximum Gasteiger partial charge on any atom is 0.328 e. The maximum atomic E-state index is 12.9. The van der Waals surface area contributed by atoms with Crippen molar-refractivity contribution in [2.24, 2.45) is 5.92 Å². The molecular weight excluding hydrogens is 777 g/mol. The SMILES string of the molecule is COc1cc(N2CCC(N3CCN(CC4CN(c5ccc(N6CCC(=O)NC6=O)cc5)C4)CC3)CC2)ccc1Nc1ncc(Cl)c(Nc2cnccc2P(C)(C)=O)n1. The number of piperidine rings is 1. The monoisotopic (exact) mass is 827 g/mol. The second-order valence-electron chi connectivity index (χ2n) is 15.9. The first kappa shape index (κ1) is 39.9. The van der Waals surface area contributed by atoms with Gasteiger partial charge in [0.15, 0.2) is 5.82 Å². The number of amides is 3. The lowest BCUT2D eigenvalue weighted by Crippen LogP contribution is -2.57. The van der Waals surface area contributed by atoms with Crippen LogP contribution in [0.15, 0.2) is 67.1 Å². The molecule has 58 heavy (non-hydrogen) atoms. The van der Waals surface area contributed by atoms with Crippen LogP contribution in [0.2, 0.25) is 5.02 Å². The minimum absolute atomic E-state index is 0.218. The first-order valence-electron chi connectivity index (χ1n) is 19.9. The molecule has 306 valence electrons. The Morgan fingerprint density at radius 2 is 1.59 bits per heavy atom. The largest absolute Gasteiger partial charge is 0.494 e. The fourth-order valence-corrected chi connectivity index (χ4v) is 9.67. The number of urea groups is 1. The van der Waals surface area contributed by atoms with E-state index in [1.165, 1.54) is 11.9 Å². The minimum Gasteiger partial charge on any atom is -0.494 e. The number of pyridine rings is 1. The maximum absolute atomic E-state index is 12.9. The predicted molar refractivity (Wildman–Crippen MR) is 231 cm³/mol. The molecule has 0 unspecified atom stereocenters. The lowest BCUT2D eigenvalue weighted by atomic mass is 9.97. The second-order valence-corrected chi connectivity index (χ2v) is 19.5. The number of nitrogens with zero attached hydrogens (tertiary/aromatic N) is 8. The number of carbonyl (C=O) groups excluding carboxylic acids is 2. The molecule has 0 saturated carbocycles. The number of hydrogen-bond acceptors (Lipinski definition) is 13. The molecule has 2 aromatic heterocycles. The first-order valence-corrected chi connectivity index (χ1v) is 22.9. The molecule has 3 amide bonds. The second kappa shape index (κ2) is 17.1. The summed E-state index contributed by atoms with van der Waals surface area (Å²) in [5.41, 5.74) is 4.43. The summed E-state index contributed by atoms with van der Waals surface area (Å²) < 4.78 is 18.7. The van der Waals surface area contributed by atoms with Gasteiger partial charge in [0, 0.05) is 118 Å². The number of ether oxygens (including phenoxy) is 1. The molecule has 4 aliphatic heterocycles. The molecule has 17 heteroatoms. The van der Waals surface area contributed by atoms with Crippen molar-refractivity contribution in [2.45, 2.75) is 25.3 Å². The Hall–Kier alpha value is -4.95. The van der Waals surface area contributed by atoms with Gasteiger partial charge in [-0.3, -0.25) is 24.9 Å². The summed E-state index contributed by atoms with van der Waals surface area (Å²) in [5.74, 6) is 1.84. The van der Waals surface area contributed by atoms with Gasteiger partial charge in [0.25, 0.3) is 0 Å². The Kier molecular flexibility index (Phi) is 11.8. The first-order chi connectivity index (χ1) is 28.0. The van der Waals surface area contributed by atoms with E-state index in [2.05, 4.69) is 74.8 Å². The highest BCUT2D eigenvalue weighted by Gasteiger charge is 2.33. The Labute approximate surface area is 344 Å². The van der Waals surface area contributed by atoms with Gasteiger partial charge < -0.3 is 34.6 Å². The van der Waals surface area contributed by atoms with Gasteiger partial charge >= 0.3 is 6.03 Å². The summed E-state index contributed by atoms with van der Waals surface area (Å²) in [7, 11) is -0.916. The summed E-state index contributed by atoms with van der Waals surface area (Å²) in [6.45, 7) is 13.5. The quantitative estimate of drug-likeness (QED) is 0.156. The molecule has 4 aromatic rings. The molecule has 0 atom stereocenters. The number of hydrogen-bond donors (Lipinski definition) is 3. The van der Waals surface area contributed by atoms with E-state index in [1.54, 1.807) is 43.8 Å². The van der Waals surface area contributed by atoms with Crippen molar-refractivity contribution in [1.29, 1.82) is 0 Å². The van der Waals surface area contributed by atoms with Crippen LogP contribution in [-0.2, 0) is 9.36 Å². The van der Waals surface area contributed by atoms with Gasteiger partial charge in [-0.2, -0.15) is 4.98 Å². The topological polar surface area (TPSA) is 151 Å².